The molecule has 3 aromatic rings. The van der Waals surface area contributed by atoms with Crippen molar-refractivity contribution in [1.29, 1.82) is 0 Å². The predicted molar refractivity (Wildman–Crippen MR) is 89.4 cm³/mol. The minimum absolute atomic E-state index is 0.797. The molecule has 0 radical (unpaired) electrons. The Morgan fingerprint density at radius 1 is 1.17 bits per heavy atom. The van der Waals surface area contributed by atoms with Crippen LogP contribution in [0, 0.1) is 18.8 Å². The van der Waals surface area contributed by atoms with Gasteiger partial charge in [-0.15, -0.1) is 0 Å². The zero-order valence-corrected chi connectivity index (χ0v) is 13.2. The van der Waals surface area contributed by atoms with E-state index in [0.29, 0.717) is 0 Å². The predicted octanol–water partition coefficient (Wildman–Crippen LogP) is 2.64. The summed E-state index contributed by atoms with van der Waals surface area (Å²) in [6, 6.07) is 6.45. The maximum absolute atomic E-state index is 4.85. The first-order chi connectivity index (χ1) is 11.3. The first kappa shape index (κ1) is 13.0. The standard InChI is InChI=1S/C18H19N5/c1-12-14(8-22-5-4-13-7-19-11-20-18(13)22)2-3-17(21-12)23-9-15-6-16(15)10-23/h2-5,7,11,15-16H,6,8-10H2,1H3. The van der Waals surface area contributed by atoms with E-state index in [1.165, 1.54) is 25.1 Å². The molecule has 116 valence electrons. The van der Waals surface area contributed by atoms with Crippen molar-refractivity contribution >= 4 is 16.9 Å². The highest BCUT2D eigenvalue weighted by Crippen LogP contribution is 2.45. The number of hydrogen-bond acceptors (Lipinski definition) is 4. The zero-order valence-electron chi connectivity index (χ0n) is 13.2. The average molecular weight is 305 g/mol. The summed E-state index contributed by atoms with van der Waals surface area (Å²) < 4.78 is 2.16. The van der Waals surface area contributed by atoms with Crippen LogP contribution < -0.4 is 4.90 Å². The number of pyridine rings is 1. The van der Waals surface area contributed by atoms with Crippen LogP contribution in [0.3, 0.4) is 0 Å². The molecule has 1 saturated carbocycles. The molecule has 1 aliphatic heterocycles. The van der Waals surface area contributed by atoms with E-state index in [-0.39, 0.29) is 0 Å². The highest BCUT2D eigenvalue weighted by Gasteiger charge is 2.45. The highest BCUT2D eigenvalue weighted by molar-refractivity contribution is 5.74. The van der Waals surface area contributed by atoms with Gasteiger partial charge in [0, 0.05) is 36.6 Å². The lowest BCUT2D eigenvalue weighted by Crippen LogP contribution is -2.23. The van der Waals surface area contributed by atoms with Crippen molar-refractivity contribution in [2.75, 3.05) is 18.0 Å². The summed E-state index contributed by atoms with van der Waals surface area (Å²) in [7, 11) is 0. The fraction of sp³-hybridized carbons (Fsp3) is 0.389. The SMILES string of the molecule is Cc1nc(N2CC3CC3C2)ccc1Cn1ccc2cncnc21. The summed E-state index contributed by atoms with van der Waals surface area (Å²) in [4.78, 5) is 15.7. The topological polar surface area (TPSA) is 46.8 Å². The molecule has 2 fully saturated rings. The Labute approximate surface area is 135 Å². The number of rotatable bonds is 3. The van der Waals surface area contributed by atoms with E-state index in [2.05, 4.69) is 50.8 Å². The maximum Gasteiger partial charge on any atom is 0.143 e. The number of aryl methyl sites for hydroxylation is 1. The van der Waals surface area contributed by atoms with Crippen LogP contribution in [-0.4, -0.2) is 32.6 Å². The van der Waals surface area contributed by atoms with Crippen LogP contribution >= 0.6 is 0 Å². The quantitative estimate of drug-likeness (QED) is 0.746. The van der Waals surface area contributed by atoms with E-state index < -0.39 is 0 Å². The van der Waals surface area contributed by atoms with E-state index in [0.717, 1.165) is 40.9 Å². The average Bonchev–Trinajstić information content (AvgIpc) is 3.00. The Kier molecular flexibility index (Phi) is 2.71. The van der Waals surface area contributed by atoms with E-state index in [1.54, 1.807) is 6.33 Å². The van der Waals surface area contributed by atoms with Crippen molar-refractivity contribution in [3.63, 3.8) is 0 Å². The van der Waals surface area contributed by atoms with E-state index in [1.807, 2.05) is 6.20 Å². The van der Waals surface area contributed by atoms with Crippen LogP contribution in [0.15, 0.2) is 36.9 Å². The van der Waals surface area contributed by atoms with Gasteiger partial charge < -0.3 is 9.47 Å². The molecule has 1 aliphatic carbocycles. The summed E-state index contributed by atoms with van der Waals surface area (Å²) in [5, 5.41) is 1.08. The molecule has 0 N–H and O–H groups in total. The number of anilines is 1. The highest BCUT2D eigenvalue weighted by atomic mass is 15.2. The minimum Gasteiger partial charge on any atom is -0.356 e. The first-order valence-corrected chi connectivity index (χ1v) is 8.24. The number of aromatic nitrogens is 4. The Morgan fingerprint density at radius 3 is 2.87 bits per heavy atom. The number of nitrogens with zero attached hydrogens (tertiary/aromatic N) is 5. The van der Waals surface area contributed by atoms with Crippen molar-refractivity contribution in [3.05, 3.63) is 48.2 Å². The third-order valence-electron chi connectivity index (χ3n) is 5.25. The molecule has 2 aliphatic rings. The normalized spacial score (nSPS) is 22.6. The molecule has 0 amide bonds. The summed E-state index contributed by atoms with van der Waals surface area (Å²) in [6.45, 7) is 5.28. The van der Waals surface area contributed by atoms with Crippen LogP contribution in [-0.2, 0) is 6.54 Å². The van der Waals surface area contributed by atoms with Gasteiger partial charge >= 0.3 is 0 Å². The largest absolute Gasteiger partial charge is 0.356 e. The Morgan fingerprint density at radius 2 is 2.04 bits per heavy atom. The summed E-state index contributed by atoms with van der Waals surface area (Å²) >= 11 is 0. The van der Waals surface area contributed by atoms with Gasteiger partial charge in [0.2, 0.25) is 0 Å². The molecule has 0 spiro atoms. The molecule has 2 atom stereocenters. The van der Waals surface area contributed by atoms with Crippen LogP contribution in [0.2, 0.25) is 0 Å². The van der Waals surface area contributed by atoms with Crippen molar-refractivity contribution in [3.8, 4) is 0 Å². The summed E-state index contributed by atoms with van der Waals surface area (Å²) in [5.74, 6) is 3.00. The van der Waals surface area contributed by atoms with Crippen LogP contribution in [0.5, 0.6) is 0 Å². The molecule has 5 rings (SSSR count). The second-order valence-electron chi connectivity index (χ2n) is 6.82. The minimum atomic E-state index is 0.797. The molecular formula is C18H19N5. The number of fused-ring (bicyclic) bond motifs is 2. The van der Waals surface area contributed by atoms with Crippen molar-refractivity contribution in [2.24, 2.45) is 11.8 Å². The molecular weight excluding hydrogens is 286 g/mol. The monoisotopic (exact) mass is 305 g/mol. The number of hydrogen-bond donors (Lipinski definition) is 0. The second-order valence-corrected chi connectivity index (χ2v) is 6.82. The zero-order chi connectivity index (χ0) is 15.4. The lowest BCUT2D eigenvalue weighted by atomic mass is 10.2. The molecule has 5 heteroatoms. The second kappa shape index (κ2) is 4.78. The van der Waals surface area contributed by atoms with Gasteiger partial charge in [0.1, 0.15) is 17.8 Å². The van der Waals surface area contributed by atoms with E-state index in [9.17, 15) is 0 Å². The fourth-order valence-corrected chi connectivity index (χ4v) is 3.75. The van der Waals surface area contributed by atoms with Crippen molar-refractivity contribution < 1.29 is 0 Å². The Hall–Kier alpha value is -2.43. The molecule has 0 bridgehead atoms. The third-order valence-corrected chi connectivity index (χ3v) is 5.25. The van der Waals surface area contributed by atoms with E-state index >= 15 is 0 Å². The molecule has 2 unspecified atom stereocenters. The van der Waals surface area contributed by atoms with Gasteiger partial charge in [-0.25, -0.2) is 15.0 Å². The molecule has 0 aromatic carbocycles. The van der Waals surface area contributed by atoms with Gasteiger partial charge in [-0.1, -0.05) is 6.07 Å². The van der Waals surface area contributed by atoms with Gasteiger partial charge in [0.25, 0.3) is 0 Å². The van der Waals surface area contributed by atoms with Crippen LogP contribution in [0.25, 0.3) is 11.0 Å². The van der Waals surface area contributed by atoms with Gasteiger partial charge in [0.15, 0.2) is 0 Å². The van der Waals surface area contributed by atoms with E-state index in [4.69, 9.17) is 4.98 Å². The Balaban J connectivity index is 1.42. The smallest absolute Gasteiger partial charge is 0.143 e. The van der Waals surface area contributed by atoms with Gasteiger partial charge in [-0.05, 0) is 42.9 Å². The van der Waals surface area contributed by atoms with Gasteiger partial charge in [-0.3, -0.25) is 0 Å². The maximum atomic E-state index is 4.85. The van der Waals surface area contributed by atoms with Gasteiger partial charge in [-0.2, -0.15) is 0 Å². The molecule has 4 heterocycles. The molecule has 5 nitrogen and oxygen atoms in total. The van der Waals surface area contributed by atoms with Crippen LogP contribution in [0.4, 0.5) is 5.82 Å². The van der Waals surface area contributed by atoms with Crippen LogP contribution in [0.1, 0.15) is 17.7 Å². The molecule has 23 heavy (non-hydrogen) atoms. The lowest BCUT2D eigenvalue weighted by Gasteiger charge is -2.20. The van der Waals surface area contributed by atoms with Crippen molar-refractivity contribution in [1.82, 2.24) is 19.5 Å². The van der Waals surface area contributed by atoms with Gasteiger partial charge in [0.05, 0.1) is 6.54 Å². The summed E-state index contributed by atoms with van der Waals surface area (Å²) in [6.07, 6.45) is 6.95. The first-order valence-electron chi connectivity index (χ1n) is 8.24. The molecule has 3 aromatic heterocycles. The number of piperidine rings is 1. The lowest BCUT2D eigenvalue weighted by molar-refractivity contribution is 0.786. The third kappa shape index (κ3) is 2.19. The molecule has 1 saturated heterocycles. The fourth-order valence-electron chi connectivity index (χ4n) is 3.75. The Bertz CT molecular complexity index is 874. The van der Waals surface area contributed by atoms with Crippen molar-refractivity contribution in [2.45, 2.75) is 19.9 Å². The summed E-state index contributed by atoms with van der Waals surface area (Å²) in [5.41, 5.74) is 3.33.